The van der Waals surface area contributed by atoms with Gasteiger partial charge >= 0.3 is 0 Å². The van der Waals surface area contributed by atoms with Crippen LogP contribution in [-0.2, 0) is 14.2 Å². The predicted octanol–water partition coefficient (Wildman–Crippen LogP) is 0.593. The van der Waals surface area contributed by atoms with E-state index in [-0.39, 0.29) is 31.2 Å². The molecule has 2 heterocycles. The lowest BCUT2D eigenvalue weighted by Gasteiger charge is -2.40. The molecule has 1 saturated heterocycles. The molecular weight excluding hydrogens is 236 g/mol. The molecule has 104 valence electrons. The summed E-state index contributed by atoms with van der Waals surface area (Å²) in [5.74, 6) is 0. The molecule has 0 aromatic carbocycles. The van der Waals surface area contributed by atoms with Gasteiger partial charge in [0.25, 0.3) is 0 Å². The van der Waals surface area contributed by atoms with Gasteiger partial charge in [-0.15, -0.1) is 0 Å². The van der Waals surface area contributed by atoms with E-state index in [0.29, 0.717) is 0 Å². The highest BCUT2D eigenvalue weighted by molar-refractivity contribution is 5.06. The number of hydrogen-bond acceptors (Lipinski definition) is 5. The van der Waals surface area contributed by atoms with Crippen LogP contribution < -0.4 is 0 Å². The first-order valence-corrected chi connectivity index (χ1v) is 6.53. The van der Waals surface area contributed by atoms with Gasteiger partial charge in [-0.2, -0.15) is 0 Å². The van der Waals surface area contributed by atoms with Crippen LogP contribution in [0.5, 0.6) is 0 Å². The van der Waals surface area contributed by atoms with Crippen molar-refractivity contribution in [2.45, 2.75) is 63.5 Å². The van der Waals surface area contributed by atoms with Crippen molar-refractivity contribution in [1.29, 1.82) is 0 Å². The van der Waals surface area contributed by atoms with Gasteiger partial charge in [-0.1, -0.05) is 12.2 Å². The van der Waals surface area contributed by atoms with Gasteiger partial charge in [0.05, 0.1) is 18.8 Å². The van der Waals surface area contributed by atoms with E-state index in [9.17, 15) is 5.11 Å². The molecular formula is C13H22O5. The van der Waals surface area contributed by atoms with Crippen LogP contribution in [0.2, 0.25) is 0 Å². The molecule has 2 rings (SSSR count). The Labute approximate surface area is 107 Å². The van der Waals surface area contributed by atoms with Crippen molar-refractivity contribution in [3.05, 3.63) is 12.2 Å². The van der Waals surface area contributed by atoms with Crippen LogP contribution in [0.4, 0.5) is 0 Å². The van der Waals surface area contributed by atoms with E-state index in [1.165, 1.54) is 0 Å². The number of fused-ring (bicyclic) bond motifs is 1. The lowest BCUT2D eigenvalue weighted by atomic mass is 9.99. The molecule has 0 aromatic heterocycles. The molecule has 5 atom stereocenters. The van der Waals surface area contributed by atoms with Gasteiger partial charge in [0.1, 0.15) is 18.3 Å². The summed E-state index contributed by atoms with van der Waals surface area (Å²) in [5.41, 5.74) is 0. The average Bonchev–Trinajstić information content (AvgIpc) is 2.36. The summed E-state index contributed by atoms with van der Waals surface area (Å²) in [6.07, 6.45) is 3.73. The van der Waals surface area contributed by atoms with Crippen molar-refractivity contribution in [1.82, 2.24) is 0 Å². The number of rotatable bonds is 4. The smallest absolute Gasteiger partial charge is 0.158 e. The number of hydrogen-bond donors (Lipinski definition) is 2. The molecule has 0 radical (unpaired) electrons. The zero-order chi connectivity index (χ0) is 13.1. The van der Waals surface area contributed by atoms with Gasteiger partial charge in [0.2, 0.25) is 0 Å². The second kappa shape index (κ2) is 6.12. The minimum absolute atomic E-state index is 0.0618. The van der Waals surface area contributed by atoms with Crippen molar-refractivity contribution >= 4 is 0 Å². The molecule has 2 aliphatic heterocycles. The zero-order valence-electron chi connectivity index (χ0n) is 10.9. The molecule has 0 aliphatic carbocycles. The third kappa shape index (κ3) is 3.30. The first-order valence-electron chi connectivity index (χ1n) is 6.53. The largest absolute Gasteiger partial charge is 0.394 e. The third-order valence-corrected chi connectivity index (χ3v) is 3.17. The number of ether oxygens (including phenoxy) is 3. The highest BCUT2D eigenvalue weighted by Gasteiger charge is 2.36. The summed E-state index contributed by atoms with van der Waals surface area (Å²) in [6.45, 7) is 3.67. The summed E-state index contributed by atoms with van der Waals surface area (Å²) < 4.78 is 17.1. The highest BCUT2D eigenvalue weighted by atomic mass is 16.7. The molecule has 0 unspecified atom stereocenters. The summed E-state index contributed by atoms with van der Waals surface area (Å²) in [7, 11) is 0. The molecule has 2 N–H and O–H groups in total. The van der Waals surface area contributed by atoms with Crippen LogP contribution in [0.3, 0.4) is 0 Å². The van der Waals surface area contributed by atoms with Gasteiger partial charge in [0.15, 0.2) is 6.29 Å². The topological polar surface area (TPSA) is 68.2 Å². The van der Waals surface area contributed by atoms with E-state index in [0.717, 1.165) is 12.8 Å². The fourth-order valence-corrected chi connectivity index (χ4v) is 2.30. The molecule has 0 saturated carbocycles. The van der Waals surface area contributed by atoms with Gasteiger partial charge in [-0.3, -0.25) is 0 Å². The lowest BCUT2D eigenvalue weighted by molar-refractivity contribution is -0.241. The maximum absolute atomic E-state index is 9.55. The van der Waals surface area contributed by atoms with E-state index in [1.807, 2.05) is 19.9 Å². The van der Waals surface area contributed by atoms with E-state index >= 15 is 0 Å². The summed E-state index contributed by atoms with van der Waals surface area (Å²) in [6, 6.07) is 0. The summed E-state index contributed by atoms with van der Waals surface area (Å²) in [5, 5.41) is 18.5. The molecule has 0 amide bonds. The predicted molar refractivity (Wildman–Crippen MR) is 65.0 cm³/mol. The van der Waals surface area contributed by atoms with Crippen LogP contribution in [0.15, 0.2) is 12.2 Å². The van der Waals surface area contributed by atoms with Crippen LogP contribution in [-0.4, -0.2) is 53.6 Å². The van der Waals surface area contributed by atoms with Gasteiger partial charge in [-0.25, -0.2) is 0 Å². The van der Waals surface area contributed by atoms with Gasteiger partial charge in [-0.05, 0) is 20.3 Å². The van der Waals surface area contributed by atoms with E-state index in [1.54, 1.807) is 6.08 Å². The molecule has 5 heteroatoms. The standard InChI is InChI=1S/C13H22O5/c1-8(2)16-13-6-5-11-12(18-13)4-3-10(17-11)9(15)7-14/h3-4,8-15H,5-7H2,1-2H3/t9-,10+,11-,12+,13-/m0/s1. The molecule has 18 heavy (non-hydrogen) atoms. The molecule has 0 spiro atoms. The summed E-state index contributed by atoms with van der Waals surface area (Å²) >= 11 is 0. The Balaban J connectivity index is 1.91. The Bertz CT molecular complexity index is 291. The monoisotopic (exact) mass is 258 g/mol. The van der Waals surface area contributed by atoms with Crippen molar-refractivity contribution in [3.63, 3.8) is 0 Å². The Hall–Kier alpha value is -0.460. The van der Waals surface area contributed by atoms with Crippen LogP contribution in [0.1, 0.15) is 26.7 Å². The van der Waals surface area contributed by atoms with Crippen LogP contribution in [0, 0.1) is 0 Å². The fourth-order valence-electron chi connectivity index (χ4n) is 2.30. The fraction of sp³-hybridized carbons (Fsp3) is 0.846. The Morgan fingerprint density at radius 1 is 1.28 bits per heavy atom. The normalized spacial score (nSPS) is 37.6. The number of aliphatic hydroxyl groups excluding tert-OH is 2. The minimum Gasteiger partial charge on any atom is -0.394 e. The average molecular weight is 258 g/mol. The van der Waals surface area contributed by atoms with Gasteiger partial charge in [0, 0.05) is 6.42 Å². The van der Waals surface area contributed by atoms with Crippen molar-refractivity contribution in [2.24, 2.45) is 0 Å². The van der Waals surface area contributed by atoms with Crippen LogP contribution >= 0.6 is 0 Å². The zero-order valence-corrected chi connectivity index (χ0v) is 10.9. The Morgan fingerprint density at radius 2 is 2.06 bits per heavy atom. The van der Waals surface area contributed by atoms with Gasteiger partial charge < -0.3 is 24.4 Å². The molecule has 0 bridgehead atoms. The van der Waals surface area contributed by atoms with Crippen LogP contribution in [0.25, 0.3) is 0 Å². The second-order valence-electron chi connectivity index (χ2n) is 5.07. The minimum atomic E-state index is -0.869. The highest BCUT2D eigenvalue weighted by Crippen LogP contribution is 2.29. The SMILES string of the molecule is CC(C)O[C@@H]1CC[C@@H]2O[C@@H]([C@@H](O)CO)C=C[C@H]2O1. The second-order valence-corrected chi connectivity index (χ2v) is 5.07. The molecule has 2 aliphatic rings. The molecule has 5 nitrogen and oxygen atoms in total. The van der Waals surface area contributed by atoms with E-state index in [4.69, 9.17) is 19.3 Å². The Morgan fingerprint density at radius 3 is 2.72 bits per heavy atom. The maximum Gasteiger partial charge on any atom is 0.158 e. The first kappa shape index (κ1) is 14.0. The quantitative estimate of drug-likeness (QED) is 0.723. The Kier molecular flexibility index (Phi) is 4.75. The lowest BCUT2D eigenvalue weighted by Crippen LogP contribution is -2.47. The van der Waals surface area contributed by atoms with E-state index in [2.05, 4.69) is 0 Å². The number of aliphatic hydroxyl groups is 2. The molecule has 1 fully saturated rings. The molecule has 0 aromatic rings. The maximum atomic E-state index is 9.55. The first-order chi connectivity index (χ1) is 8.60. The van der Waals surface area contributed by atoms with Crippen molar-refractivity contribution in [2.75, 3.05) is 6.61 Å². The summed E-state index contributed by atoms with van der Waals surface area (Å²) in [4.78, 5) is 0. The third-order valence-electron chi connectivity index (χ3n) is 3.17. The van der Waals surface area contributed by atoms with Crippen molar-refractivity contribution < 1.29 is 24.4 Å². The van der Waals surface area contributed by atoms with Crippen molar-refractivity contribution in [3.8, 4) is 0 Å². The van der Waals surface area contributed by atoms with E-state index < -0.39 is 12.2 Å².